The molecule has 1 aliphatic carbocycles. The fraction of sp³-hybridized carbons (Fsp3) is 0.692. The average molecular weight is 250 g/mol. The summed E-state index contributed by atoms with van der Waals surface area (Å²) in [5.74, 6) is 1.69. The second kappa shape index (κ2) is 5.00. The molecule has 1 fully saturated rings. The van der Waals surface area contributed by atoms with E-state index >= 15 is 0 Å². The number of amides is 1. The van der Waals surface area contributed by atoms with Crippen molar-refractivity contribution in [1.29, 1.82) is 0 Å². The maximum atomic E-state index is 11.6. The van der Waals surface area contributed by atoms with Gasteiger partial charge in [-0.3, -0.25) is 9.89 Å². The van der Waals surface area contributed by atoms with Crippen LogP contribution in [0.5, 0.6) is 0 Å². The zero-order valence-electron chi connectivity index (χ0n) is 11.3. The Hall–Kier alpha value is -1.52. The van der Waals surface area contributed by atoms with Crippen molar-refractivity contribution in [3.63, 3.8) is 0 Å². The van der Waals surface area contributed by atoms with Gasteiger partial charge in [0.1, 0.15) is 5.82 Å². The number of hydrogen-bond donors (Lipinski definition) is 2. The number of aromatic nitrogens is 2. The van der Waals surface area contributed by atoms with E-state index in [0.29, 0.717) is 23.7 Å². The van der Waals surface area contributed by atoms with Gasteiger partial charge in [0, 0.05) is 37.2 Å². The second-order valence-corrected chi connectivity index (χ2v) is 5.64. The highest BCUT2D eigenvalue weighted by molar-refractivity contribution is 5.73. The second-order valence-electron chi connectivity index (χ2n) is 5.64. The molecule has 3 N–H and O–H groups in total. The van der Waals surface area contributed by atoms with Crippen molar-refractivity contribution in [2.24, 2.45) is 5.92 Å². The van der Waals surface area contributed by atoms with Crippen LogP contribution in [0.2, 0.25) is 0 Å². The largest absolute Gasteiger partial charge is 0.382 e. The lowest BCUT2D eigenvalue weighted by Gasteiger charge is -2.43. The third-order valence-electron chi connectivity index (χ3n) is 3.58. The third-order valence-corrected chi connectivity index (χ3v) is 3.58. The number of carbonyl (C=O) groups is 1. The molecule has 100 valence electrons. The van der Waals surface area contributed by atoms with Gasteiger partial charge in [-0.05, 0) is 18.8 Å². The highest BCUT2D eigenvalue weighted by atomic mass is 16.2. The normalized spacial score (nSPS) is 22.9. The maximum Gasteiger partial charge on any atom is 0.219 e. The molecule has 0 atom stereocenters. The van der Waals surface area contributed by atoms with E-state index in [2.05, 4.69) is 24.0 Å². The van der Waals surface area contributed by atoms with Gasteiger partial charge in [-0.25, -0.2) is 0 Å². The number of anilines is 1. The molecular formula is C13H22N4O. The molecule has 1 saturated carbocycles. The summed E-state index contributed by atoms with van der Waals surface area (Å²) in [4.78, 5) is 13.6. The molecule has 5 nitrogen and oxygen atoms in total. The molecule has 1 aliphatic rings. The summed E-state index contributed by atoms with van der Waals surface area (Å²) < 4.78 is 0. The van der Waals surface area contributed by atoms with Crippen LogP contribution < -0.4 is 5.73 Å². The van der Waals surface area contributed by atoms with Crippen LogP contribution in [0.1, 0.15) is 45.2 Å². The SMILES string of the molecule is CC(=O)N(CC(C)C)C1CC(c2cc(N)n[nH]2)C1. The predicted octanol–water partition coefficient (Wildman–Crippen LogP) is 1.74. The lowest BCUT2D eigenvalue weighted by atomic mass is 9.77. The summed E-state index contributed by atoms with van der Waals surface area (Å²) in [6.45, 7) is 6.78. The summed E-state index contributed by atoms with van der Waals surface area (Å²) in [6.07, 6.45) is 2.02. The van der Waals surface area contributed by atoms with Gasteiger partial charge in [-0.2, -0.15) is 5.10 Å². The van der Waals surface area contributed by atoms with E-state index in [1.807, 2.05) is 11.0 Å². The summed E-state index contributed by atoms with van der Waals surface area (Å²) in [7, 11) is 0. The molecule has 1 heterocycles. The Kier molecular flexibility index (Phi) is 3.59. The fourth-order valence-corrected chi connectivity index (χ4v) is 2.59. The number of nitrogens with zero attached hydrogens (tertiary/aromatic N) is 2. The predicted molar refractivity (Wildman–Crippen MR) is 71.0 cm³/mol. The van der Waals surface area contributed by atoms with Crippen molar-refractivity contribution in [2.75, 3.05) is 12.3 Å². The minimum Gasteiger partial charge on any atom is -0.382 e. The van der Waals surface area contributed by atoms with E-state index in [1.165, 1.54) is 0 Å². The molecule has 0 unspecified atom stereocenters. The van der Waals surface area contributed by atoms with Gasteiger partial charge in [0.15, 0.2) is 0 Å². The van der Waals surface area contributed by atoms with Gasteiger partial charge < -0.3 is 10.6 Å². The third kappa shape index (κ3) is 2.66. The van der Waals surface area contributed by atoms with E-state index < -0.39 is 0 Å². The Balaban J connectivity index is 1.92. The molecule has 0 aromatic carbocycles. The van der Waals surface area contributed by atoms with Crippen molar-refractivity contribution in [3.8, 4) is 0 Å². The summed E-state index contributed by atoms with van der Waals surface area (Å²) in [5.41, 5.74) is 6.69. The number of nitrogen functional groups attached to an aromatic ring is 1. The Morgan fingerprint density at radius 2 is 2.28 bits per heavy atom. The number of nitrogens with two attached hydrogens (primary N) is 1. The van der Waals surface area contributed by atoms with Crippen LogP contribution in [0, 0.1) is 5.92 Å². The van der Waals surface area contributed by atoms with Gasteiger partial charge >= 0.3 is 0 Å². The van der Waals surface area contributed by atoms with Crippen LogP contribution in [-0.2, 0) is 4.79 Å². The Labute approximate surface area is 108 Å². The molecule has 1 aromatic heterocycles. The van der Waals surface area contributed by atoms with Crippen molar-refractivity contribution in [1.82, 2.24) is 15.1 Å². The van der Waals surface area contributed by atoms with Crippen LogP contribution in [0.15, 0.2) is 6.07 Å². The van der Waals surface area contributed by atoms with Gasteiger partial charge in [-0.15, -0.1) is 0 Å². The maximum absolute atomic E-state index is 11.6. The first kappa shape index (κ1) is 12.9. The number of rotatable bonds is 4. The molecule has 0 saturated heterocycles. The monoisotopic (exact) mass is 250 g/mol. The first-order valence-corrected chi connectivity index (χ1v) is 6.55. The van der Waals surface area contributed by atoms with Gasteiger partial charge in [-0.1, -0.05) is 13.8 Å². The lowest BCUT2D eigenvalue weighted by molar-refractivity contribution is -0.133. The molecular weight excluding hydrogens is 228 g/mol. The van der Waals surface area contributed by atoms with Crippen molar-refractivity contribution < 1.29 is 4.79 Å². The molecule has 1 amide bonds. The van der Waals surface area contributed by atoms with E-state index in [0.717, 1.165) is 25.1 Å². The van der Waals surface area contributed by atoms with Gasteiger partial charge in [0.25, 0.3) is 0 Å². The van der Waals surface area contributed by atoms with Crippen LogP contribution in [0.3, 0.4) is 0 Å². The van der Waals surface area contributed by atoms with Crippen molar-refractivity contribution >= 4 is 11.7 Å². The quantitative estimate of drug-likeness (QED) is 0.854. The lowest BCUT2D eigenvalue weighted by Crippen LogP contribution is -2.47. The minimum absolute atomic E-state index is 0.177. The summed E-state index contributed by atoms with van der Waals surface area (Å²) in [6, 6.07) is 2.26. The smallest absolute Gasteiger partial charge is 0.219 e. The number of carbonyl (C=O) groups excluding carboxylic acids is 1. The van der Waals surface area contributed by atoms with Gasteiger partial charge in [0.2, 0.25) is 5.91 Å². The molecule has 1 aromatic rings. The molecule has 0 aliphatic heterocycles. The number of hydrogen-bond acceptors (Lipinski definition) is 3. The van der Waals surface area contributed by atoms with E-state index in [9.17, 15) is 4.79 Å². The van der Waals surface area contributed by atoms with Gasteiger partial charge in [0.05, 0.1) is 0 Å². The number of aromatic amines is 1. The van der Waals surface area contributed by atoms with Crippen LogP contribution in [0.4, 0.5) is 5.82 Å². The van der Waals surface area contributed by atoms with Crippen LogP contribution >= 0.6 is 0 Å². The van der Waals surface area contributed by atoms with E-state index in [1.54, 1.807) is 6.92 Å². The number of nitrogens with one attached hydrogen (secondary N) is 1. The van der Waals surface area contributed by atoms with Crippen LogP contribution in [-0.4, -0.2) is 33.6 Å². The van der Waals surface area contributed by atoms with Crippen molar-refractivity contribution in [3.05, 3.63) is 11.8 Å². The van der Waals surface area contributed by atoms with E-state index in [-0.39, 0.29) is 5.91 Å². The average Bonchev–Trinajstić information content (AvgIpc) is 2.60. The molecule has 2 rings (SSSR count). The van der Waals surface area contributed by atoms with Crippen LogP contribution in [0.25, 0.3) is 0 Å². The molecule has 18 heavy (non-hydrogen) atoms. The topological polar surface area (TPSA) is 75.0 Å². The zero-order valence-corrected chi connectivity index (χ0v) is 11.3. The Morgan fingerprint density at radius 1 is 1.61 bits per heavy atom. The molecule has 0 radical (unpaired) electrons. The Bertz CT molecular complexity index is 420. The Morgan fingerprint density at radius 3 is 2.72 bits per heavy atom. The van der Waals surface area contributed by atoms with Crippen molar-refractivity contribution in [2.45, 2.75) is 45.6 Å². The minimum atomic E-state index is 0.177. The molecule has 0 spiro atoms. The fourth-order valence-electron chi connectivity index (χ4n) is 2.59. The molecule has 0 bridgehead atoms. The first-order chi connectivity index (χ1) is 8.47. The summed E-state index contributed by atoms with van der Waals surface area (Å²) >= 11 is 0. The highest BCUT2D eigenvalue weighted by Gasteiger charge is 2.36. The molecule has 5 heteroatoms. The first-order valence-electron chi connectivity index (χ1n) is 6.55. The van der Waals surface area contributed by atoms with E-state index in [4.69, 9.17) is 5.73 Å². The summed E-state index contributed by atoms with van der Waals surface area (Å²) in [5, 5.41) is 6.90. The zero-order chi connectivity index (χ0) is 13.3. The number of H-pyrrole nitrogens is 1. The highest BCUT2D eigenvalue weighted by Crippen LogP contribution is 2.39. The standard InChI is InChI=1S/C13H22N4O/c1-8(2)7-17(9(3)18)11-4-10(5-11)12-6-13(14)16-15-12/h6,8,10-11H,4-5,7H2,1-3H3,(H3,14,15,16).